The van der Waals surface area contributed by atoms with Gasteiger partial charge in [0.05, 0.1) is 0 Å². The average molecular weight is 1880 g/mol. The molecule has 0 bridgehead atoms. The van der Waals surface area contributed by atoms with E-state index in [1.165, 1.54) is 0 Å². The fourth-order valence-corrected chi connectivity index (χ4v) is 140. The number of rotatable bonds is 63. The minimum atomic E-state index is -1.75. The van der Waals surface area contributed by atoms with Gasteiger partial charge in [-0.25, -0.2) is 0 Å². The second-order valence-electron chi connectivity index (χ2n) is 55.8. The van der Waals surface area contributed by atoms with Crippen LogP contribution in [0.4, 0.5) is 0 Å². The molecular formula is C111H243CrSi9+3. The zero-order valence-electron chi connectivity index (χ0n) is 95.1. The van der Waals surface area contributed by atoms with E-state index in [4.69, 9.17) is 0 Å². The Kier molecular flexibility index (Phi) is 64.4. The summed E-state index contributed by atoms with van der Waals surface area (Å²) in [5.74, 6) is 21.9. The van der Waals surface area contributed by atoms with Gasteiger partial charge in [0.1, 0.15) is 0 Å². The molecule has 0 aromatic carbocycles. The smallest absolute Gasteiger partial charge is 0.309 e. The quantitative estimate of drug-likeness (QED) is 0.0421. The molecule has 10 heteroatoms. The van der Waals surface area contributed by atoms with Crippen molar-refractivity contribution in [2.24, 2.45) is 160 Å². The Hall–Kier alpha value is 2.48. The maximum absolute atomic E-state index is 2.59. The molecular weight excluding hydrogens is 1640 g/mol. The van der Waals surface area contributed by atoms with Gasteiger partial charge < -0.3 is 14.4 Å². The Bertz CT molecular complexity index is 1740. The monoisotopic (exact) mass is 1880 g/mol. The zero-order chi connectivity index (χ0) is 94.9. The Morgan fingerprint density at radius 1 is 0.0909 bits per heavy atom. The number of hydrogen-bond acceptors (Lipinski definition) is 0. The van der Waals surface area contributed by atoms with Crippen LogP contribution < -0.4 is 0 Å². The molecule has 0 aromatic heterocycles. The number of hydrogen-bond donors (Lipinski definition) is 0. The molecule has 0 atom stereocenters. The van der Waals surface area contributed by atoms with Gasteiger partial charge in [-0.05, 0) is 0 Å². The second kappa shape index (κ2) is 60.1. The third kappa shape index (κ3) is 48.5. The summed E-state index contributed by atoms with van der Waals surface area (Å²) in [5.41, 5.74) is 0. The Morgan fingerprint density at radius 2 is 0.124 bits per heavy atom. The molecule has 0 aromatic rings. The molecule has 0 radical (unpaired) electrons. The van der Waals surface area contributed by atoms with E-state index in [0.717, 1.165) is 160 Å². The summed E-state index contributed by atoms with van der Waals surface area (Å²) in [4.78, 5) is 7.53. The van der Waals surface area contributed by atoms with Gasteiger partial charge in [-0.15, -0.1) is 0 Å². The predicted octanol–water partition coefficient (Wildman–Crippen LogP) is 40.3. The van der Waals surface area contributed by atoms with E-state index in [2.05, 4.69) is 388 Å². The first-order valence-corrected chi connectivity index (χ1v) is 77.6. The fourth-order valence-electron chi connectivity index (χ4n) is 31.2. The van der Waals surface area contributed by atoms with E-state index in [0.29, 0.717) is 0 Å². The first-order chi connectivity index (χ1) is 54.3. The van der Waals surface area contributed by atoms with E-state index in [9.17, 15) is 0 Å². The summed E-state index contributed by atoms with van der Waals surface area (Å²) in [6.07, 6.45) is 0. The van der Waals surface area contributed by atoms with Crippen molar-refractivity contribution in [2.75, 3.05) is 0 Å². The van der Waals surface area contributed by atoms with Crippen LogP contribution in [0.1, 0.15) is 374 Å². The van der Waals surface area contributed by atoms with Crippen molar-refractivity contribution in [3.05, 3.63) is 14.4 Å². The maximum atomic E-state index is 2.59. The van der Waals surface area contributed by atoms with Crippen LogP contribution in [0.2, 0.25) is 163 Å². The average Bonchev–Trinajstić information content (AvgIpc) is 0.731. The van der Waals surface area contributed by atoms with Crippen LogP contribution in [-0.4, -0.2) is 72.7 Å². The van der Waals surface area contributed by atoms with Gasteiger partial charge in [-0.2, -0.15) is 0 Å². The van der Waals surface area contributed by atoms with Gasteiger partial charge in [0, 0.05) is 0 Å². The molecule has 0 saturated carbocycles. The second-order valence-corrected chi connectivity index (χ2v) is 98.9. The zero-order valence-corrected chi connectivity index (χ0v) is 105. The summed E-state index contributed by atoms with van der Waals surface area (Å²) in [5, 5.41) is 0. The van der Waals surface area contributed by atoms with Crippen LogP contribution >= 0.6 is 0 Å². The Labute approximate surface area is 794 Å². The van der Waals surface area contributed by atoms with Crippen LogP contribution in [0.5, 0.6) is 0 Å². The molecule has 0 rings (SSSR count). The van der Waals surface area contributed by atoms with Gasteiger partial charge in [0.15, 0.2) is 0 Å². The third-order valence-electron chi connectivity index (χ3n) is 26.3. The van der Waals surface area contributed by atoms with Crippen molar-refractivity contribution >= 4 is 72.7 Å². The molecule has 0 saturated heterocycles. The molecule has 0 aliphatic carbocycles. The van der Waals surface area contributed by atoms with Crippen LogP contribution in [-0.2, 0) is 17.4 Å². The Morgan fingerprint density at radius 3 is 0.149 bits per heavy atom. The van der Waals surface area contributed by atoms with E-state index in [1.54, 1.807) is 163 Å². The maximum Gasteiger partial charge on any atom is 6.00 e. The fraction of sp³-hybridized carbons (Fsp3) is 0.973. The van der Waals surface area contributed by atoms with Crippen molar-refractivity contribution in [1.29, 1.82) is 0 Å². The molecule has 0 aliphatic rings. The van der Waals surface area contributed by atoms with Crippen molar-refractivity contribution in [3.8, 4) is 0 Å². The van der Waals surface area contributed by atoms with Crippen LogP contribution in [0.3, 0.4) is 0 Å². The molecule has 726 valence electrons. The van der Waals surface area contributed by atoms with Crippen molar-refractivity contribution in [1.82, 2.24) is 0 Å². The molecule has 0 heterocycles. The van der Waals surface area contributed by atoms with Gasteiger partial charge in [-0.3, -0.25) is 0 Å². The minimum Gasteiger partial charge on any atom is -0.309 e. The van der Waals surface area contributed by atoms with Crippen molar-refractivity contribution in [3.63, 3.8) is 0 Å². The first-order valence-electron chi connectivity index (χ1n) is 54.0. The van der Waals surface area contributed by atoms with Gasteiger partial charge in [-0.1, -0.05) is 770 Å². The SMILES string of the molecule is CC(C)C[Si](CC(C)C)(CC(C)C)[C-]([Si](CC(C)C)(CC(C)C)CC(C)C)[Si](CC(C)C)(CC(C)C)CC(C)C.CC(C)C[Si](CC(C)C)(CC(C)C)[C-]([Si](CC(C)C)(CC(C)C)CC(C)C)[Si](CC(C)C)(CC(C)C)CC(C)C.CC(C)C[Si](CC(C)C)(CC(C)C)[C-]([Si](CC(C)C)(CC(C)C)CC(C)C)[Si](CC(C)C)(CC(C)C)CC(C)C.[Cr+6]. The standard InChI is InChI=1S/3C37H81Si3.Cr/c3*1-28(2)19-38(20-29(3)4,21-30(5)6)37(39(22-31(7)8,23-32(9)10)24-33(11)12)40(25-34(13)14,26-35(15)16)27-36(17)18;/h3*28-36H,19-27H2,1-18H3;/q3*-1;+6. The van der Waals surface area contributed by atoms with Crippen molar-refractivity contribution in [2.45, 2.75) is 537 Å². The summed E-state index contributed by atoms with van der Waals surface area (Å²) in [6, 6.07) is 42.1. The van der Waals surface area contributed by atoms with Crippen LogP contribution in [0, 0.1) is 174 Å². The predicted molar refractivity (Wildman–Crippen MR) is 592 cm³/mol. The molecule has 0 amide bonds. The van der Waals surface area contributed by atoms with E-state index in [1.807, 2.05) is 0 Å². The Balaban J connectivity index is -0.000000845. The molecule has 0 spiro atoms. The topological polar surface area (TPSA) is 0 Å². The molecule has 0 unspecified atom stereocenters. The summed E-state index contributed by atoms with van der Waals surface area (Å²) in [7, 11) is -15.7. The van der Waals surface area contributed by atoms with Gasteiger partial charge in [0.2, 0.25) is 0 Å². The van der Waals surface area contributed by atoms with E-state index < -0.39 is 72.7 Å². The third-order valence-corrected chi connectivity index (χ3v) is 108. The first kappa shape index (κ1) is 130. The van der Waals surface area contributed by atoms with Crippen LogP contribution in [0.15, 0.2) is 0 Å². The summed E-state index contributed by atoms with van der Waals surface area (Å²) >= 11 is 0. The molecule has 121 heavy (non-hydrogen) atoms. The summed E-state index contributed by atoms with van der Waals surface area (Å²) < 4.78 is 0. The summed E-state index contributed by atoms with van der Waals surface area (Å²) in [6.45, 7) is 140. The molecule has 0 nitrogen and oxygen atoms in total. The van der Waals surface area contributed by atoms with Gasteiger partial charge >= 0.3 is 17.4 Å². The molecule has 0 aliphatic heterocycles. The van der Waals surface area contributed by atoms with E-state index >= 15 is 0 Å². The largest absolute Gasteiger partial charge is 6.00 e. The normalized spacial score (nSPS) is 14.3. The van der Waals surface area contributed by atoms with Crippen molar-refractivity contribution < 1.29 is 17.4 Å². The van der Waals surface area contributed by atoms with Crippen LogP contribution in [0.25, 0.3) is 0 Å². The van der Waals surface area contributed by atoms with Gasteiger partial charge in [0.25, 0.3) is 0 Å². The van der Waals surface area contributed by atoms with E-state index in [-0.39, 0.29) is 17.4 Å². The molecule has 0 N–H and O–H groups in total. The molecule has 0 fully saturated rings. The minimum absolute atomic E-state index is 0.